The van der Waals surface area contributed by atoms with E-state index < -0.39 is 10.8 Å². The van der Waals surface area contributed by atoms with E-state index in [0.717, 1.165) is 31.2 Å². The molecule has 1 atom stereocenters. The van der Waals surface area contributed by atoms with Gasteiger partial charge in [0.2, 0.25) is 17.7 Å². The first-order chi connectivity index (χ1) is 12.1. The van der Waals surface area contributed by atoms with Crippen molar-refractivity contribution in [2.24, 2.45) is 5.41 Å². The van der Waals surface area contributed by atoms with Crippen molar-refractivity contribution in [3.05, 3.63) is 35.9 Å². The summed E-state index contributed by atoms with van der Waals surface area (Å²) in [5.41, 5.74) is -0.0729. The molecule has 1 aromatic rings. The van der Waals surface area contributed by atoms with Gasteiger partial charge in [-0.2, -0.15) is 0 Å². The molecule has 3 fully saturated rings. The Hall–Kier alpha value is -2.17. The number of amides is 3. The lowest BCUT2D eigenvalue weighted by Gasteiger charge is -2.39. The summed E-state index contributed by atoms with van der Waals surface area (Å²) < 4.78 is 0. The van der Waals surface area contributed by atoms with Crippen molar-refractivity contribution in [3.8, 4) is 0 Å². The molecule has 0 unspecified atom stereocenters. The molecule has 3 amide bonds. The fourth-order valence-electron chi connectivity index (χ4n) is 4.91. The van der Waals surface area contributed by atoms with E-state index in [2.05, 4.69) is 17.4 Å². The summed E-state index contributed by atoms with van der Waals surface area (Å²) in [5.74, 6) is -0.276. The summed E-state index contributed by atoms with van der Waals surface area (Å²) in [4.78, 5) is 39.3. The molecule has 5 nitrogen and oxygen atoms in total. The molecule has 25 heavy (non-hydrogen) atoms. The van der Waals surface area contributed by atoms with Crippen molar-refractivity contribution in [2.75, 3.05) is 13.1 Å². The molecule has 132 valence electrons. The van der Waals surface area contributed by atoms with Crippen LogP contribution in [0.4, 0.5) is 0 Å². The average Bonchev–Trinajstić information content (AvgIpc) is 3.19. The quantitative estimate of drug-likeness (QED) is 0.839. The van der Waals surface area contributed by atoms with Gasteiger partial charge in [0.15, 0.2) is 0 Å². The second-order valence-electron chi connectivity index (χ2n) is 7.82. The molecular weight excluding hydrogens is 316 g/mol. The largest absolute Gasteiger partial charge is 0.341 e. The molecule has 1 N–H and O–H groups in total. The highest BCUT2D eigenvalue weighted by molar-refractivity contribution is 6.06. The summed E-state index contributed by atoms with van der Waals surface area (Å²) in [6, 6.07) is 10.1. The number of rotatable bonds is 2. The van der Waals surface area contributed by atoms with Gasteiger partial charge in [-0.25, -0.2) is 0 Å². The maximum atomic E-state index is 13.6. The predicted octanol–water partition coefficient (Wildman–Crippen LogP) is 2.15. The van der Waals surface area contributed by atoms with Crippen LogP contribution in [0.25, 0.3) is 0 Å². The predicted molar refractivity (Wildman–Crippen MR) is 92.6 cm³/mol. The third kappa shape index (κ3) is 2.57. The Kier molecular flexibility index (Phi) is 3.89. The molecule has 2 aliphatic heterocycles. The Morgan fingerprint density at radius 3 is 2.36 bits per heavy atom. The number of carbonyl (C=O) groups excluding carboxylic acids is 3. The molecule has 5 heteroatoms. The van der Waals surface area contributed by atoms with Crippen LogP contribution in [0.1, 0.15) is 50.5 Å². The van der Waals surface area contributed by atoms with E-state index in [9.17, 15) is 14.4 Å². The van der Waals surface area contributed by atoms with Crippen molar-refractivity contribution in [1.29, 1.82) is 0 Å². The summed E-state index contributed by atoms with van der Waals surface area (Å²) in [6.07, 6.45) is 5.81. The highest BCUT2D eigenvalue weighted by atomic mass is 16.2. The number of hydrogen-bond donors (Lipinski definition) is 1. The summed E-state index contributed by atoms with van der Waals surface area (Å²) in [6.45, 7) is 0.937. The van der Waals surface area contributed by atoms with Gasteiger partial charge in [0.1, 0.15) is 0 Å². The average molecular weight is 340 g/mol. The molecular formula is C20H24N2O3. The van der Waals surface area contributed by atoms with Gasteiger partial charge in [0.05, 0.1) is 10.8 Å². The molecule has 1 aliphatic carbocycles. The zero-order valence-corrected chi connectivity index (χ0v) is 14.4. The molecule has 1 aromatic carbocycles. The Balaban J connectivity index is 1.62. The minimum absolute atomic E-state index is 0.141. The highest BCUT2D eigenvalue weighted by Gasteiger charge is 2.54. The third-order valence-electron chi connectivity index (χ3n) is 6.32. The highest BCUT2D eigenvalue weighted by Crippen LogP contribution is 2.44. The first-order valence-corrected chi connectivity index (χ1v) is 9.25. The number of carbonyl (C=O) groups is 3. The van der Waals surface area contributed by atoms with Crippen molar-refractivity contribution >= 4 is 17.7 Å². The summed E-state index contributed by atoms with van der Waals surface area (Å²) in [5, 5.41) is 2.41. The van der Waals surface area contributed by atoms with Crippen LogP contribution in [0.2, 0.25) is 0 Å². The molecule has 2 saturated heterocycles. The van der Waals surface area contributed by atoms with Crippen LogP contribution < -0.4 is 5.32 Å². The smallest absolute Gasteiger partial charge is 0.235 e. The number of imide groups is 1. The molecule has 0 bridgehead atoms. The van der Waals surface area contributed by atoms with Gasteiger partial charge in [0, 0.05) is 19.5 Å². The molecule has 2 heterocycles. The zero-order chi connectivity index (χ0) is 17.5. The Labute approximate surface area is 147 Å². The van der Waals surface area contributed by atoms with Crippen molar-refractivity contribution in [1.82, 2.24) is 10.2 Å². The van der Waals surface area contributed by atoms with Gasteiger partial charge in [0.25, 0.3) is 0 Å². The van der Waals surface area contributed by atoms with Crippen LogP contribution in [0.15, 0.2) is 30.3 Å². The zero-order valence-electron chi connectivity index (χ0n) is 14.4. The van der Waals surface area contributed by atoms with Crippen molar-refractivity contribution in [3.63, 3.8) is 0 Å². The number of hydrogen-bond acceptors (Lipinski definition) is 3. The Morgan fingerprint density at radius 2 is 1.72 bits per heavy atom. The van der Waals surface area contributed by atoms with Gasteiger partial charge in [-0.05, 0) is 24.8 Å². The Bertz CT molecular complexity index is 709. The first-order valence-electron chi connectivity index (χ1n) is 9.25. The van der Waals surface area contributed by atoms with Gasteiger partial charge in [-0.3, -0.25) is 19.7 Å². The fraction of sp³-hybridized carbons (Fsp3) is 0.550. The minimum Gasteiger partial charge on any atom is -0.341 e. The van der Waals surface area contributed by atoms with E-state index in [1.807, 2.05) is 23.1 Å². The summed E-state index contributed by atoms with van der Waals surface area (Å²) >= 11 is 0. The molecule has 0 aromatic heterocycles. The SMILES string of the molecule is O=C1C[C@@]2(CCN(C(=O)C3(c4ccccc4)CCCCC3)C2)C(=O)N1. The molecule has 4 rings (SSSR count). The topological polar surface area (TPSA) is 66.5 Å². The second kappa shape index (κ2) is 5.97. The van der Waals surface area contributed by atoms with Crippen LogP contribution in [-0.4, -0.2) is 35.7 Å². The second-order valence-corrected chi connectivity index (χ2v) is 7.82. The van der Waals surface area contributed by atoms with E-state index in [4.69, 9.17) is 0 Å². The number of nitrogens with one attached hydrogen (secondary N) is 1. The third-order valence-corrected chi connectivity index (χ3v) is 6.32. The number of benzene rings is 1. The van der Waals surface area contributed by atoms with Crippen molar-refractivity contribution < 1.29 is 14.4 Å². The van der Waals surface area contributed by atoms with Gasteiger partial charge < -0.3 is 4.90 Å². The lowest BCUT2D eigenvalue weighted by atomic mass is 9.68. The Morgan fingerprint density at radius 1 is 1.00 bits per heavy atom. The molecule has 1 saturated carbocycles. The van der Waals surface area contributed by atoms with Gasteiger partial charge >= 0.3 is 0 Å². The van der Waals surface area contributed by atoms with Crippen LogP contribution >= 0.6 is 0 Å². The maximum absolute atomic E-state index is 13.6. The molecule has 0 radical (unpaired) electrons. The van der Waals surface area contributed by atoms with E-state index in [1.165, 1.54) is 6.42 Å². The van der Waals surface area contributed by atoms with Crippen LogP contribution in [0, 0.1) is 5.41 Å². The van der Waals surface area contributed by atoms with Crippen molar-refractivity contribution in [2.45, 2.75) is 50.4 Å². The fourth-order valence-corrected chi connectivity index (χ4v) is 4.91. The first kappa shape index (κ1) is 16.3. The van der Waals surface area contributed by atoms with Gasteiger partial charge in [-0.15, -0.1) is 0 Å². The molecule has 3 aliphatic rings. The van der Waals surface area contributed by atoms with E-state index in [1.54, 1.807) is 0 Å². The molecule has 1 spiro atoms. The lowest BCUT2D eigenvalue weighted by molar-refractivity contribution is -0.138. The number of likely N-dealkylation sites (tertiary alicyclic amines) is 1. The minimum atomic E-state index is -0.695. The van der Waals surface area contributed by atoms with Crippen LogP contribution in [0.3, 0.4) is 0 Å². The monoisotopic (exact) mass is 340 g/mol. The van der Waals surface area contributed by atoms with Crippen LogP contribution in [0.5, 0.6) is 0 Å². The van der Waals surface area contributed by atoms with E-state index >= 15 is 0 Å². The standard InChI is InChI=1S/C20H24N2O3/c23-16-13-19(17(24)21-16)11-12-22(14-19)18(25)20(9-5-2-6-10-20)15-7-3-1-4-8-15/h1,3-4,7-8H,2,5-6,9-14H2,(H,21,23,24)/t19-/m1/s1. The summed E-state index contributed by atoms with van der Waals surface area (Å²) in [7, 11) is 0. The maximum Gasteiger partial charge on any atom is 0.235 e. The van der Waals surface area contributed by atoms with Crippen LogP contribution in [-0.2, 0) is 19.8 Å². The lowest BCUT2D eigenvalue weighted by Crippen LogP contribution is -2.48. The van der Waals surface area contributed by atoms with E-state index in [-0.39, 0.29) is 24.1 Å². The number of nitrogens with zero attached hydrogens (tertiary/aromatic N) is 1. The van der Waals surface area contributed by atoms with Gasteiger partial charge in [-0.1, -0.05) is 49.6 Å². The van der Waals surface area contributed by atoms with E-state index in [0.29, 0.717) is 19.5 Å². The normalized spacial score (nSPS) is 28.4.